The van der Waals surface area contributed by atoms with Gasteiger partial charge in [-0.3, -0.25) is 4.40 Å². The second-order valence-electron chi connectivity index (χ2n) is 9.10. The number of aliphatic hydroxyl groups is 1. The fraction of sp³-hybridized carbons (Fsp3) is 0.417. The molecule has 1 fully saturated rings. The van der Waals surface area contributed by atoms with Crippen molar-refractivity contribution in [2.75, 3.05) is 7.11 Å². The lowest BCUT2D eigenvalue weighted by molar-refractivity contribution is -0.0509. The van der Waals surface area contributed by atoms with Crippen molar-refractivity contribution < 1.29 is 32.9 Å². The Morgan fingerprint density at radius 1 is 1.21 bits per heavy atom. The quantitative estimate of drug-likeness (QED) is 0.525. The molecule has 33 heavy (non-hydrogen) atoms. The van der Waals surface area contributed by atoms with Crippen LogP contribution in [0.5, 0.6) is 11.5 Å². The van der Waals surface area contributed by atoms with Gasteiger partial charge in [-0.15, -0.1) is 0 Å². The lowest BCUT2D eigenvalue weighted by Crippen LogP contribution is -2.33. The van der Waals surface area contributed by atoms with Gasteiger partial charge in [-0.05, 0) is 69.9 Å². The number of benzene rings is 1. The van der Waals surface area contributed by atoms with Gasteiger partial charge in [0.05, 0.1) is 24.6 Å². The Morgan fingerprint density at radius 3 is 2.48 bits per heavy atom. The molecule has 0 atom stereocenters. The van der Waals surface area contributed by atoms with Crippen LogP contribution in [0.2, 0.25) is 0 Å². The summed E-state index contributed by atoms with van der Waals surface area (Å²) >= 11 is 0. The number of esters is 1. The fourth-order valence-corrected chi connectivity index (χ4v) is 3.90. The summed E-state index contributed by atoms with van der Waals surface area (Å²) in [6, 6.07) is 6.52. The van der Waals surface area contributed by atoms with Gasteiger partial charge in [-0.1, -0.05) is 0 Å². The lowest BCUT2D eigenvalue weighted by atomic mass is 9.75. The molecule has 1 aromatic carbocycles. The topological polar surface area (TPSA) is 82.3 Å². The van der Waals surface area contributed by atoms with Crippen LogP contribution in [0.3, 0.4) is 0 Å². The van der Waals surface area contributed by atoms with E-state index in [4.69, 9.17) is 9.47 Å². The van der Waals surface area contributed by atoms with E-state index in [0.29, 0.717) is 29.7 Å². The van der Waals surface area contributed by atoms with Gasteiger partial charge in [0, 0.05) is 11.8 Å². The Hall–Kier alpha value is -3.20. The number of rotatable bonds is 6. The first kappa shape index (κ1) is 23.0. The van der Waals surface area contributed by atoms with Gasteiger partial charge < -0.3 is 19.3 Å². The first-order valence-electron chi connectivity index (χ1n) is 10.6. The molecule has 0 amide bonds. The lowest BCUT2D eigenvalue weighted by Gasteiger charge is -2.37. The molecule has 0 radical (unpaired) electrons. The fourth-order valence-electron chi connectivity index (χ4n) is 3.90. The van der Waals surface area contributed by atoms with E-state index in [1.165, 1.54) is 13.2 Å². The average molecular weight is 460 g/mol. The highest BCUT2D eigenvalue weighted by molar-refractivity contribution is 5.97. The van der Waals surface area contributed by atoms with Crippen molar-refractivity contribution >= 4 is 11.6 Å². The van der Waals surface area contributed by atoms with Gasteiger partial charge in [-0.2, -0.15) is 8.78 Å². The molecule has 0 aliphatic heterocycles. The molecule has 1 aliphatic carbocycles. The molecule has 0 bridgehead atoms. The molecule has 2 heterocycles. The minimum absolute atomic E-state index is 0.0350. The van der Waals surface area contributed by atoms with Crippen LogP contribution in [0.1, 0.15) is 56.0 Å². The molecule has 176 valence electrons. The van der Waals surface area contributed by atoms with Gasteiger partial charge in [0.15, 0.2) is 0 Å². The summed E-state index contributed by atoms with van der Waals surface area (Å²) < 4.78 is 43.6. The zero-order valence-electron chi connectivity index (χ0n) is 18.9. The molecule has 1 saturated carbocycles. The summed E-state index contributed by atoms with van der Waals surface area (Å²) in [5.74, 6) is -1.16. The maximum atomic E-state index is 13.2. The van der Waals surface area contributed by atoms with Crippen LogP contribution >= 0.6 is 0 Å². The molecule has 0 spiro atoms. The van der Waals surface area contributed by atoms with Gasteiger partial charge in [0.2, 0.25) is 0 Å². The molecule has 1 aliphatic rings. The van der Waals surface area contributed by atoms with Gasteiger partial charge >= 0.3 is 12.6 Å². The van der Waals surface area contributed by atoms with E-state index in [9.17, 15) is 18.7 Å². The molecule has 3 aromatic rings. The molecule has 4 rings (SSSR count). The van der Waals surface area contributed by atoms with Crippen LogP contribution in [-0.2, 0) is 10.3 Å². The predicted octanol–water partition coefficient (Wildman–Crippen LogP) is 4.94. The second-order valence-corrected chi connectivity index (χ2v) is 9.10. The number of carbonyl (C=O) groups is 1. The minimum Gasteiger partial charge on any atom is -0.496 e. The van der Waals surface area contributed by atoms with Crippen molar-refractivity contribution in [1.82, 2.24) is 9.38 Å². The molecule has 2 aromatic heterocycles. The number of nitrogens with zero attached hydrogens (tertiary/aromatic N) is 2. The van der Waals surface area contributed by atoms with E-state index in [2.05, 4.69) is 9.72 Å². The van der Waals surface area contributed by atoms with Crippen molar-refractivity contribution in [3.8, 4) is 22.8 Å². The summed E-state index contributed by atoms with van der Waals surface area (Å²) in [5.41, 5.74) is 0.520. The first-order chi connectivity index (χ1) is 15.5. The van der Waals surface area contributed by atoms with Crippen molar-refractivity contribution in [2.24, 2.45) is 0 Å². The Kier molecular flexibility index (Phi) is 5.78. The number of hydrogen-bond acceptors (Lipinski definition) is 6. The summed E-state index contributed by atoms with van der Waals surface area (Å²) in [7, 11) is 1.33. The molecule has 0 saturated heterocycles. The number of carbonyl (C=O) groups excluding carboxylic acids is 1. The molecule has 7 nitrogen and oxygen atoms in total. The van der Waals surface area contributed by atoms with Crippen molar-refractivity contribution in [3.05, 3.63) is 47.8 Å². The predicted molar refractivity (Wildman–Crippen MR) is 117 cm³/mol. The third-order valence-corrected chi connectivity index (χ3v) is 5.63. The number of hydrogen-bond donors (Lipinski definition) is 1. The van der Waals surface area contributed by atoms with Gasteiger partial charge in [-0.25, -0.2) is 9.78 Å². The molecule has 9 heteroatoms. The minimum atomic E-state index is -3.15. The van der Waals surface area contributed by atoms with Crippen LogP contribution in [0, 0.1) is 0 Å². The molecule has 1 N–H and O–H groups in total. The monoisotopic (exact) mass is 460 g/mol. The number of pyridine rings is 1. The Bertz CT molecular complexity index is 1200. The van der Waals surface area contributed by atoms with Gasteiger partial charge in [0.1, 0.15) is 28.3 Å². The van der Waals surface area contributed by atoms with E-state index < -0.39 is 23.8 Å². The Balaban J connectivity index is 1.81. The molecular weight excluding hydrogens is 434 g/mol. The first-order valence-corrected chi connectivity index (χ1v) is 10.6. The number of halogens is 2. The van der Waals surface area contributed by atoms with Crippen LogP contribution in [-0.4, -0.2) is 39.8 Å². The smallest absolute Gasteiger partial charge is 0.387 e. The Labute approximate surface area is 189 Å². The van der Waals surface area contributed by atoms with Crippen molar-refractivity contribution in [1.29, 1.82) is 0 Å². The number of alkyl halides is 2. The molecule has 0 unspecified atom stereocenters. The highest BCUT2D eigenvalue weighted by Gasteiger charge is 2.36. The number of fused-ring (bicyclic) bond motifs is 1. The number of ether oxygens (including phenoxy) is 3. The van der Waals surface area contributed by atoms with E-state index in [-0.39, 0.29) is 17.1 Å². The maximum absolute atomic E-state index is 13.2. The average Bonchev–Trinajstić information content (AvgIpc) is 3.12. The normalized spacial score (nSPS) is 15.4. The van der Waals surface area contributed by atoms with Crippen molar-refractivity contribution in [3.63, 3.8) is 0 Å². The highest BCUT2D eigenvalue weighted by atomic mass is 19.3. The third-order valence-electron chi connectivity index (χ3n) is 5.63. The summed E-state index contributed by atoms with van der Waals surface area (Å²) in [6.45, 7) is 1.86. The number of imidazole rings is 1. The summed E-state index contributed by atoms with van der Waals surface area (Å²) in [4.78, 5) is 17.2. The number of aromatic nitrogens is 2. The van der Waals surface area contributed by atoms with Crippen LogP contribution in [0.15, 0.2) is 36.7 Å². The summed E-state index contributed by atoms with van der Waals surface area (Å²) in [5, 5.41) is 10.6. The maximum Gasteiger partial charge on any atom is 0.387 e. The summed E-state index contributed by atoms with van der Waals surface area (Å²) in [6.07, 6.45) is 5.73. The van der Waals surface area contributed by atoms with E-state index >= 15 is 0 Å². The zero-order chi connectivity index (χ0) is 24.0. The van der Waals surface area contributed by atoms with E-state index in [1.54, 1.807) is 43.6 Å². The third kappa shape index (κ3) is 4.50. The largest absolute Gasteiger partial charge is 0.496 e. The van der Waals surface area contributed by atoms with Crippen LogP contribution in [0.4, 0.5) is 8.78 Å². The number of methoxy groups -OCH3 is 1. The van der Waals surface area contributed by atoms with Crippen LogP contribution in [0.25, 0.3) is 16.9 Å². The van der Waals surface area contributed by atoms with Crippen molar-refractivity contribution in [2.45, 2.75) is 57.8 Å². The SMILES string of the molecule is COc1cc(-c2cnc3cc(C4(O)CCC4)ccn23)cc(OC(F)F)c1C(=O)OC(C)(C)C. The van der Waals surface area contributed by atoms with Gasteiger partial charge in [0.25, 0.3) is 0 Å². The zero-order valence-corrected chi connectivity index (χ0v) is 18.9. The Morgan fingerprint density at radius 2 is 1.91 bits per heavy atom. The van der Waals surface area contributed by atoms with E-state index in [1.807, 2.05) is 12.1 Å². The van der Waals surface area contributed by atoms with Crippen LogP contribution < -0.4 is 9.47 Å². The highest BCUT2D eigenvalue weighted by Crippen LogP contribution is 2.42. The second kappa shape index (κ2) is 8.30. The van der Waals surface area contributed by atoms with E-state index in [0.717, 1.165) is 12.0 Å². The molecular formula is C24H26F2N2O5. The standard InChI is InChI=1S/C24H26F2N2O5/c1-23(2,3)33-21(29)20-17(31-4)10-14(11-18(20)32-22(25)26)16-13-27-19-12-15(6-9-28(16)19)24(30)7-5-8-24/h6,9-13,22,30H,5,7-8H2,1-4H3.